The van der Waals surface area contributed by atoms with E-state index in [4.69, 9.17) is 0 Å². The third-order valence-electron chi connectivity index (χ3n) is 4.59. The van der Waals surface area contributed by atoms with Crippen LogP contribution >= 0.6 is 0 Å². The first-order valence-electron chi connectivity index (χ1n) is 8.30. The van der Waals surface area contributed by atoms with Crippen molar-refractivity contribution in [3.05, 3.63) is 59.9 Å². The number of aromatic amines is 2. The van der Waals surface area contributed by atoms with Crippen LogP contribution in [0.25, 0.3) is 11.4 Å². The van der Waals surface area contributed by atoms with Crippen LogP contribution in [-0.2, 0) is 0 Å². The molecule has 25 heavy (non-hydrogen) atoms. The van der Waals surface area contributed by atoms with Gasteiger partial charge in [0.25, 0.3) is 5.91 Å². The van der Waals surface area contributed by atoms with Gasteiger partial charge in [0.1, 0.15) is 5.69 Å². The van der Waals surface area contributed by atoms with Gasteiger partial charge >= 0.3 is 0 Å². The summed E-state index contributed by atoms with van der Waals surface area (Å²) in [5, 5.41) is 7.46. The lowest BCUT2D eigenvalue weighted by Gasteiger charge is -2.32. The van der Waals surface area contributed by atoms with Crippen LogP contribution in [0.5, 0.6) is 0 Å². The number of nitrogens with one attached hydrogen (secondary N) is 2. The number of carbonyl (C=O) groups is 1. The van der Waals surface area contributed by atoms with E-state index in [-0.39, 0.29) is 11.8 Å². The van der Waals surface area contributed by atoms with E-state index in [1.54, 1.807) is 4.90 Å². The summed E-state index contributed by atoms with van der Waals surface area (Å²) in [5.74, 6) is -0.481. The zero-order chi connectivity index (χ0) is 17.2. The second-order valence-electron chi connectivity index (χ2n) is 6.25. The van der Waals surface area contributed by atoms with E-state index in [0.717, 1.165) is 29.9 Å². The molecular formula is C18H18FN5O. The van der Waals surface area contributed by atoms with Crippen molar-refractivity contribution in [2.24, 2.45) is 0 Å². The van der Waals surface area contributed by atoms with E-state index < -0.39 is 5.95 Å². The van der Waals surface area contributed by atoms with Gasteiger partial charge in [-0.25, -0.2) is 4.98 Å². The SMILES string of the molecule is O=C(c1ccc(F)nc1)N1CCCC(c2cc(-c3ccc[nH]3)n[nH]2)C1. The summed E-state index contributed by atoms with van der Waals surface area (Å²) >= 11 is 0. The Bertz CT molecular complexity index is 856. The second kappa shape index (κ2) is 6.51. The summed E-state index contributed by atoms with van der Waals surface area (Å²) < 4.78 is 12.9. The average molecular weight is 339 g/mol. The molecule has 1 amide bonds. The number of likely N-dealkylation sites (tertiary alicyclic amines) is 1. The second-order valence-corrected chi connectivity index (χ2v) is 6.25. The van der Waals surface area contributed by atoms with Crippen LogP contribution in [0.15, 0.2) is 42.7 Å². The zero-order valence-corrected chi connectivity index (χ0v) is 13.6. The molecule has 3 aromatic heterocycles. The fourth-order valence-corrected chi connectivity index (χ4v) is 3.27. The number of carbonyl (C=O) groups excluding carboxylic acids is 1. The first-order valence-corrected chi connectivity index (χ1v) is 8.30. The number of H-pyrrole nitrogens is 2. The maximum absolute atomic E-state index is 12.9. The van der Waals surface area contributed by atoms with E-state index in [9.17, 15) is 9.18 Å². The fraction of sp³-hybridized carbons (Fsp3) is 0.278. The van der Waals surface area contributed by atoms with E-state index in [2.05, 4.69) is 20.2 Å². The van der Waals surface area contributed by atoms with E-state index in [1.165, 1.54) is 18.3 Å². The molecule has 1 aliphatic heterocycles. The molecule has 1 unspecified atom stereocenters. The predicted octanol–water partition coefficient (Wildman–Crippen LogP) is 2.96. The first kappa shape index (κ1) is 15.6. The number of nitrogens with zero attached hydrogens (tertiary/aromatic N) is 3. The molecule has 4 rings (SSSR count). The van der Waals surface area contributed by atoms with Crippen LogP contribution in [0.1, 0.15) is 34.8 Å². The molecule has 1 fully saturated rings. The van der Waals surface area contributed by atoms with Crippen LogP contribution < -0.4 is 0 Å². The summed E-state index contributed by atoms with van der Waals surface area (Å²) in [6.07, 6.45) is 5.07. The van der Waals surface area contributed by atoms with E-state index >= 15 is 0 Å². The number of pyridine rings is 1. The number of rotatable bonds is 3. The normalized spacial score (nSPS) is 17.6. The Balaban J connectivity index is 1.49. The van der Waals surface area contributed by atoms with Crippen LogP contribution in [0.2, 0.25) is 0 Å². The summed E-state index contributed by atoms with van der Waals surface area (Å²) in [6.45, 7) is 1.31. The predicted molar refractivity (Wildman–Crippen MR) is 90.4 cm³/mol. The van der Waals surface area contributed by atoms with Gasteiger partial charge in [0.15, 0.2) is 0 Å². The minimum Gasteiger partial charge on any atom is -0.360 e. The molecule has 6 nitrogen and oxygen atoms in total. The molecule has 128 valence electrons. The molecule has 1 aliphatic rings. The number of halogens is 1. The van der Waals surface area contributed by atoms with Crippen molar-refractivity contribution in [1.82, 2.24) is 25.1 Å². The molecular weight excluding hydrogens is 321 g/mol. The maximum atomic E-state index is 12.9. The van der Waals surface area contributed by atoms with Gasteiger partial charge in [-0.2, -0.15) is 9.49 Å². The maximum Gasteiger partial charge on any atom is 0.255 e. The van der Waals surface area contributed by atoms with Crippen molar-refractivity contribution in [3.8, 4) is 11.4 Å². The molecule has 1 saturated heterocycles. The van der Waals surface area contributed by atoms with Crippen LogP contribution in [0, 0.1) is 5.95 Å². The zero-order valence-electron chi connectivity index (χ0n) is 13.6. The van der Waals surface area contributed by atoms with Crippen molar-refractivity contribution in [1.29, 1.82) is 0 Å². The largest absolute Gasteiger partial charge is 0.360 e. The number of piperidine rings is 1. The molecule has 1 atom stereocenters. The lowest BCUT2D eigenvalue weighted by atomic mass is 9.94. The highest BCUT2D eigenvalue weighted by atomic mass is 19.1. The Morgan fingerprint density at radius 1 is 1.32 bits per heavy atom. The van der Waals surface area contributed by atoms with Gasteiger partial charge in [0, 0.05) is 37.1 Å². The number of hydrogen-bond acceptors (Lipinski definition) is 3. The number of amides is 1. The Morgan fingerprint density at radius 2 is 2.24 bits per heavy atom. The summed E-state index contributed by atoms with van der Waals surface area (Å²) in [6, 6.07) is 8.63. The molecule has 0 radical (unpaired) electrons. The molecule has 7 heteroatoms. The molecule has 3 aromatic rings. The molecule has 4 heterocycles. The van der Waals surface area contributed by atoms with Crippen molar-refractivity contribution in [3.63, 3.8) is 0 Å². The van der Waals surface area contributed by atoms with Gasteiger partial charge < -0.3 is 9.88 Å². The Kier molecular flexibility index (Phi) is 4.05. The van der Waals surface area contributed by atoms with Crippen molar-refractivity contribution in [2.45, 2.75) is 18.8 Å². The number of aromatic nitrogens is 4. The van der Waals surface area contributed by atoms with Crippen LogP contribution in [-0.4, -0.2) is 44.1 Å². The van der Waals surface area contributed by atoms with Gasteiger partial charge in [-0.1, -0.05) is 0 Å². The molecule has 0 aromatic carbocycles. The number of hydrogen-bond donors (Lipinski definition) is 2. The van der Waals surface area contributed by atoms with Crippen LogP contribution in [0.4, 0.5) is 4.39 Å². The van der Waals surface area contributed by atoms with Crippen molar-refractivity contribution in [2.75, 3.05) is 13.1 Å². The Hall–Kier alpha value is -2.96. The van der Waals surface area contributed by atoms with Gasteiger partial charge in [-0.3, -0.25) is 9.89 Å². The van der Waals surface area contributed by atoms with Crippen molar-refractivity contribution < 1.29 is 9.18 Å². The van der Waals surface area contributed by atoms with Gasteiger partial charge in [0.2, 0.25) is 5.95 Å². The minimum atomic E-state index is -0.581. The highest BCUT2D eigenvalue weighted by Crippen LogP contribution is 2.28. The molecule has 0 bridgehead atoms. The quantitative estimate of drug-likeness (QED) is 0.720. The highest BCUT2D eigenvalue weighted by Gasteiger charge is 2.27. The van der Waals surface area contributed by atoms with Crippen LogP contribution in [0.3, 0.4) is 0 Å². The third kappa shape index (κ3) is 3.17. The molecule has 2 N–H and O–H groups in total. The monoisotopic (exact) mass is 339 g/mol. The fourth-order valence-electron chi connectivity index (χ4n) is 3.27. The standard InChI is InChI=1S/C18H18FN5O/c19-17-6-5-12(10-21-17)18(25)24-8-2-3-13(11-24)15-9-16(23-22-15)14-4-1-7-20-14/h1,4-7,9-10,13,20H,2-3,8,11H2,(H,22,23). The Labute approximate surface area is 144 Å². The average Bonchev–Trinajstić information content (AvgIpc) is 3.33. The topological polar surface area (TPSA) is 77.7 Å². The summed E-state index contributed by atoms with van der Waals surface area (Å²) in [4.78, 5) is 21.1. The smallest absolute Gasteiger partial charge is 0.255 e. The van der Waals surface area contributed by atoms with E-state index in [1.807, 2.05) is 24.4 Å². The van der Waals surface area contributed by atoms with Gasteiger partial charge in [0.05, 0.1) is 11.3 Å². The highest BCUT2D eigenvalue weighted by molar-refractivity contribution is 5.94. The summed E-state index contributed by atoms with van der Waals surface area (Å²) in [7, 11) is 0. The minimum absolute atomic E-state index is 0.110. The molecule has 0 spiro atoms. The third-order valence-corrected chi connectivity index (χ3v) is 4.59. The Morgan fingerprint density at radius 3 is 3.00 bits per heavy atom. The summed E-state index contributed by atoms with van der Waals surface area (Å²) in [5.41, 5.74) is 3.27. The first-order chi connectivity index (χ1) is 12.2. The lowest BCUT2D eigenvalue weighted by molar-refractivity contribution is 0.0705. The van der Waals surface area contributed by atoms with Gasteiger partial charge in [-0.15, -0.1) is 0 Å². The molecule has 0 aliphatic carbocycles. The van der Waals surface area contributed by atoms with Gasteiger partial charge in [-0.05, 0) is 43.2 Å². The van der Waals surface area contributed by atoms with E-state index in [0.29, 0.717) is 18.7 Å². The van der Waals surface area contributed by atoms with Crippen molar-refractivity contribution >= 4 is 5.91 Å². The molecule has 0 saturated carbocycles. The lowest BCUT2D eigenvalue weighted by Crippen LogP contribution is -2.39.